The summed E-state index contributed by atoms with van der Waals surface area (Å²) < 4.78 is 46.3. The Labute approximate surface area is 175 Å². The van der Waals surface area contributed by atoms with E-state index in [1.165, 1.54) is 9.36 Å². The molecule has 2 heterocycles. The number of hydrogen-bond donors (Lipinski definition) is 1. The van der Waals surface area contributed by atoms with Crippen molar-refractivity contribution in [1.82, 2.24) is 24.9 Å². The van der Waals surface area contributed by atoms with Crippen LogP contribution in [0.1, 0.15) is 28.3 Å². The van der Waals surface area contributed by atoms with Gasteiger partial charge in [0.05, 0.1) is 0 Å². The molecule has 3 aromatic rings. The molecule has 0 aliphatic rings. The third kappa shape index (κ3) is 5.76. The summed E-state index contributed by atoms with van der Waals surface area (Å²) in [7, 11) is 0. The Morgan fingerprint density at radius 2 is 2.03 bits per heavy atom. The molecule has 1 aromatic carbocycles. The van der Waals surface area contributed by atoms with Crippen molar-refractivity contribution in [2.24, 2.45) is 0 Å². The molecule has 30 heavy (non-hydrogen) atoms. The van der Waals surface area contributed by atoms with E-state index in [1.807, 2.05) is 0 Å². The van der Waals surface area contributed by atoms with Gasteiger partial charge in [0, 0.05) is 30.0 Å². The monoisotopic (exact) mass is 441 g/mol. The van der Waals surface area contributed by atoms with Crippen LogP contribution in [-0.2, 0) is 19.5 Å². The van der Waals surface area contributed by atoms with Gasteiger partial charge < -0.3 is 10.1 Å². The number of halogens is 4. The van der Waals surface area contributed by atoms with Crippen LogP contribution in [-0.4, -0.2) is 32.0 Å². The van der Waals surface area contributed by atoms with Gasteiger partial charge in [0.25, 0.3) is 5.91 Å². The third-order valence-corrected chi connectivity index (χ3v) is 4.37. The molecule has 0 atom stereocenters. The van der Waals surface area contributed by atoms with Gasteiger partial charge in [-0.15, -0.1) is 0 Å². The molecule has 0 fully saturated rings. The first kappa shape index (κ1) is 21.7. The number of alkyl halides is 3. The summed E-state index contributed by atoms with van der Waals surface area (Å²) in [6, 6.07) is 9.45. The van der Waals surface area contributed by atoms with Crippen LogP contribution in [0.15, 0.2) is 42.6 Å². The first-order valence-electron chi connectivity index (χ1n) is 9.04. The molecule has 0 bridgehead atoms. The fraction of sp³-hybridized carbons (Fsp3) is 0.316. The molecule has 0 saturated heterocycles. The molecule has 11 heteroatoms. The van der Waals surface area contributed by atoms with Gasteiger partial charge in [0.2, 0.25) is 0 Å². The van der Waals surface area contributed by atoms with E-state index in [-0.39, 0.29) is 31.4 Å². The number of nitrogens with one attached hydrogen (secondary N) is 1. The molecule has 0 aliphatic heterocycles. The zero-order chi connectivity index (χ0) is 21.7. The fourth-order valence-electron chi connectivity index (χ4n) is 2.65. The Balaban J connectivity index is 1.44. The predicted molar refractivity (Wildman–Crippen MR) is 103 cm³/mol. The van der Waals surface area contributed by atoms with E-state index in [0.29, 0.717) is 22.9 Å². The van der Waals surface area contributed by atoms with Crippen LogP contribution in [0.25, 0.3) is 0 Å². The van der Waals surface area contributed by atoms with Crippen molar-refractivity contribution in [1.29, 1.82) is 0 Å². The Hall–Kier alpha value is -3.01. The second-order valence-corrected chi connectivity index (χ2v) is 6.91. The summed E-state index contributed by atoms with van der Waals surface area (Å²) in [4.78, 5) is 12.2. The standard InChI is InChI=1S/C19H19ClF3N5O2/c1-13-10-17(19(21,22)23)26-28(13)8-3-7-24-18(29)16-6-9-27(25-16)12-30-15-5-2-4-14(20)11-15/h2,4-6,9-11H,3,7-8,12H2,1H3,(H,24,29). The molecule has 2 aromatic heterocycles. The summed E-state index contributed by atoms with van der Waals surface area (Å²) in [5.41, 5.74) is -0.305. The van der Waals surface area contributed by atoms with Crippen molar-refractivity contribution in [2.45, 2.75) is 32.8 Å². The maximum Gasteiger partial charge on any atom is 0.435 e. The SMILES string of the molecule is Cc1cc(C(F)(F)F)nn1CCCNC(=O)c1ccn(COc2cccc(Cl)c2)n1. The normalized spacial score (nSPS) is 11.5. The van der Waals surface area contributed by atoms with E-state index in [0.717, 1.165) is 6.07 Å². The van der Waals surface area contributed by atoms with Crippen molar-refractivity contribution >= 4 is 17.5 Å². The molecule has 0 spiro atoms. The van der Waals surface area contributed by atoms with Crippen LogP contribution < -0.4 is 10.1 Å². The van der Waals surface area contributed by atoms with Crippen molar-refractivity contribution in [3.63, 3.8) is 0 Å². The fourth-order valence-corrected chi connectivity index (χ4v) is 2.83. The van der Waals surface area contributed by atoms with Gasteiger partial charge in [-0.3, -0.25) is 9.48 Å². The average Bonchev–Trinajstić information content (AvgIpc) is 3.30. The lowest BCUT2D eigenvalue weighted by molar-refractivity contribution is -0.141. The molecule has 0 saturated carbocycles. The third-order valence-electron chi connectivity index (χ3n) is 4.14. The van der Waals surface area contributed by atoms with Crippen molar-refractivity contribution in [3.8, 4) is 5.75 Å². The summed E-state index contributed by atoms with van der Waals surface area (Å²) in [6.45, 7) is 2.18. The van der Waals surface area contributed by atoms with Crippen LogP contribution in [0.5, 0.6) is 5.75 Å². The van der Waals surface area contributed by atoms with Crippen LogP contribution in [0.2, 0.25) is 5.02 Å². The maximum absolute atomic E-state index is 12.7. The number of nitrogens with zero attached hydrogens (tertiary/aromatic N) is 4. The predicted octanol–water partition coefficient (Wildman–Crippen LogP) is 3.92. The zero-order valence-corrected chi connectivity index (χ0v) is 16.7. The van der Waals surface area contributed by atoms with Crippen molar-refractivity contribution in [3.05, 3.63) is 64.7 Å². The molecule has 0 unspecified atom stereocenters. The van der Waals surface area contributed by atoms with Crippen LogP contribution in [0.3, 0.4) is 0 Å². The quantitative estimate of drug-likeness (QED) is 0.538. The smallest absolute Gasteiger partial charge is 0.435 e. The molecule has 1 amide bonds. The number of ether oxygens (including phenoxy) is 1. The highest BCUT2D eigenvalue weighted by Gasteiger charge is 2.34. The molecule has 1 N–H and O–H groups in total. The second kappa shape index (κ2) is 9.21. The van der Waals surface area contributed by atoms with Crippen LogP contribution in [0.4, 0.5) is 13.2 Å². The van der Waals surface area contributed by atoms with Gasteiger partial charge in [0.1, 0.15) is 11.4 Å². The number of aryl methyl sites for hydroxylation is 2. The van der Waals surface area contributed by atoms with E-state index in [9.17, 15) is 18.0 Å². The van der Waals surface area contributed by atoms with E-state index in [4.69, 9.17) is 16.3 Å². The molecule has 0 radical (unpaired) electrons. The van der Waals surface area contributed by atoms with Gasteiger partial charge in [-0.1, -0.05) is 17.7 Å². The number of carbonyl (C=O) groups is 1. The van der Waals surface area contributed by atoms with E-state index in [1.54, 1.807) is 43.5 Å². The van der Waals surface area contributed by atoms with Crippen molar-refractivity contribution < 1.29 is 22.7 Å². The maximum atomic E-state index is 12.7. The van der Waals surface area contributed by atoms with Gasteiger partial charge in [-0.2, -0.15) is 23.4 Å². The number of hydrogen-bond acceptors (Lipinski definition) is 4. The van der Waals surface area contributed by atoms with Crippen LogP contribution >= 0.6 is 11.6 Å². The Morgan fingerprint density at radius 1 is 1.23 bits per heavy atom. The van der Waals surface area contributed by atoms with E-state index >= 15 is 0 Å². The highest BCUT2D eigenvalue weighted by Crippen LogP contribution is 2.28. The minimum atomic E-state index is -4.47. The zero-order valence-electron chi connectivity index (χ0n) is 16.0. The van der Waals surface area contributed by atoms with E-state index in [2.05, 4.69) is 15.5 Å². The summed E-state index contributed by atoms with van der Waals surface area (Å²) in [6.07, 6.45) is -2.45. The Morgan fingerprint density at radius 3 is 2.73 bits per heavy atom. The molecule has 0 aliphatic carbocycles. The topological polar surface area (TPSA) is 74.0 Å². The number of carbonyl (C=O) groups excluding carboxylic acids is 1. The molecule has 3 rings (SSSR count). The first-order valence-corrected chi connectivity index (χ1v) is 9.42. The van der Waals surface area contributed by atoms with Gasteiger partial charge in [0.15, 0.2) is 12.4 Å². The number of aromatic nitrogens is 4. The number of rotatable bonds is 8. The highest BCUT2D eigenvalue weighted by atomic mass is 35.5. The van der Waals surface area contributed by atoms with Crippen molar-refractivity contribution in [2.75, 3.05) is 6.54 Å². The molecular weight excluding hydrogens is 423 g/mol. The molecular formula is C19H19ClF3N5O2. The Bertz CT molecular complexity index is 1020. The number of benzene rings is 1. The van der Waals surface area contributed by atoms with E-state index < -0.39 is 11.9 Å². The van der Waals surface area contributed by atoms with Crippen LogP contribution in [0, 0.1) is 6.92 Å². The minimum Gasteiger partial charge on any atom is -0.471 e. The highest BCUT2D eigenvalue weighted by molar-refractivity contribution is 6.30. The van der Waals surface area contributed by atoms with Gasteiger partial charge in [-0.05, 0) is 43.7 Å². The van der Waals surface area contributed by atoms with Gasteiger partial charge in [-0.25, -0.2) is 4.68 Å². The minimum absolute atomic E-state index is 0.105. The first-order chi connectivity index (χ1) is 14.2. The average molecular weight is 442 g/mol. The molecule has 7 nitrogen and oxygen atoms in total. The number of amides is 1. The molecule has 160 valence electrons. The van der Waals surface area contributed by atoms with Gasteiger partial charge >= 0.3 is 6.18 Å². The summed E-state index contributed by atoms with van der Waals surface area (Å²) in [5, 5.41) is 10.9. The lowest BCUT2D eigenvalue weighted by Gasteiger charge is -2.07. The lowest BCUT2D eigenvalue weighted by atomic mass is 10.3. The summed E-state index contributed by atoms with van der Waals surface area (Å²) in [5.74, 6) is 0.191. The largest absolute Gasteiger partial charge is 0.471 e. The summed E-state index contributed by atoms with van der Waals surface area (Å²) >= 11 is 5.89. The lowest BCUT2D eigenvalue weighted by Crippen LogP contribution is -2.26. The second-order valence-electron chi connectivity index (χ2n) is 6.47. The Kier molecular flexibility index (Phi) is 6.66.